The number of hydrogen-bond donors (Lipinski definition) is 1. The van der Waals surface area contributed by atoms with Crippen molar-refractivity contribution in [1.82, 2.24) is 0 Å². The first-order valence-corrected chi connectivity index (χ1v) is 8.05. The molecule has 1 unspecified atom stereocenters. The summed E-state index contributed by atoms with van der Waals surface area (Å²) in [6, 6.07) is 8.40. The van der Waals surface area contributed by atoms with E-state index in [1.54, 1.807) is 13.0 Å². The van der Waals surface area contributed by atoms with Crippen LogP contribution in [-0.4, -0.2) is 18.4 Å². The van der Waals surface area contributed by atoms with Crippen LogP contribution in [0.5, 0.6) is 0 Å². The first kappa shape index (κ1) is 17.4. The van der Waals surface area contributed by atoms with Crippen LogP contribution in [0.3, 0.4) is 0 Å². The highest BCUT2D eigenvalue weighted by atomic mass is 35.5. The van der Waals surface area contributed by atoms with Crippen LogP contribution in [0.1, 0.15) is 12.0 Å². The van der Waals surface area contributed by atoms with Crippen LogP contribution in [0, 0.1) is 24.5 Å². The molecule has 3 rings (SSSR count). The molecule has 1 heterocycles. The van der Waals surface area contributed by atoms with Crippen LogP contribution in [0.25, 0.3) is 0 Å². The van der Waals surface area contributed by atoms with Gasteiger partial charge < -0.3 is 10.2 Å². The Kier molecular flexibility index (Phi) is 4.72. The molecule has 0 saturated carbocycles. The third-order valence-electron chi connectivity index (χ3n) is 4.08. The van der Waals surface area contributed by atoms with Gasteiger partial charge in [0.15, 0.2) is 0 Å². The number of anilines is 2. The topological polar surface area (TPSA) is 49.4 Å². The second kappa shape index (κ2) is 6.80. The summed E-state index contributed by atoms with van der Waals surface area (Å²) in [4.78, 5) is 25.8. The lowest BCUT2D eigenvalue weighted by Gasteiger charge is -2.18. The van der Waals surface area contributed by atoms with Gasteiger partial charge in [0.1, 0.15) is 11.6 Å². The van der Waals surface area contributed by atoms with Crippen molar-refractivity contribution < 1.29 is 18.4 Å². The van der Waals surface area contributed by atoms with Crippen molar-refractivity contribution in [3.8, 4) is 0 Å². The number of amides is 2. The van der Waals surface area contributed by atoms with Crippen molar-refractivity contribution in [3.63, 3.8) is 0 Å². The van der Waals surface area contributed by atoms with Crippen LogP contribution >= 0.6 is 11.6 Å². The van der Waals surface area contributed by atoms with Gasteiger partial charge in [-0.2, -0.15) is 0 Å². The maximum Gasteiger partial charge on any atom is 0.229 e. The summed E-state index contributed by atoms with van der Waals surface area (Å²) in [6.45, 7) is 1.84. The predicted octanol–water partition coefficient (Wildman–Crippen LogP) is 3.92. The normalized spacial score (nSPS) is 17.0. The number of nitrogens with zero attached hydrogens (tertiary/aromatic N) is 1. The lowest BCUT2D eigenvalue weighted by atomic mass is 10.1. The van der Waals surface area contributed by atoms with E-state index in [1.165, 1.54) is 29.2 Å². The van der Waals surface area contributed by atoms with Crippen molar-refractivity contribution >= 4 is 34.8 Å². The maximum atomic E-state index is 14.1. The first-order valence-electron chi connectivity index (χ1n) is 7.67. The van der Waals surface area contributed by atoms with Gasteiger partial charge in [0.25, 0.3) is 0 Å². The van der Waals surface area contributed by atoms with Gasteiger partial charge >= 0.3 is 0 Å². The predicted molar refractivity (Wildman–Crippen MR) is 91.6 cm³/mol. The number of carbonyl (C=O) groups excluding carboxylic acids is 2. The summed E-state index contributed by atoms with van der Waals surface area (Å²) >= 11 is 5.68. The van der Waals surface area contributed by atoms with Crippen LogP contribution in [0.15, 0.2) is 36.4 Å². The molecule has 4 nitrogen and oxygen atoms in total. The SMILES string of the molecule is Cc1ccc(N2CC(C(=O)Nc3ccc(F)c(Cl)c3)CC2=O)c(F)c1. The zero-order valence-corrected chi connectivity index (χ0v) is 14.1. The van der Waals surface area contributed by atoms with E-state index < -0.39 is 23.5 Å². The van der Waals surface area contributed by atoms with Gasteiger partial charge in [0.05, 0.1) is 16.6 Å². The second-order valence-electron chi connectivity index (χ2n) is 5.98. The standard InChI is InChI=1S/C18H15ClF2N2O2/c1-10-2-5-16(15(21)6-10)23-9-11(7-17(23)24)18(25)22-12-3-4-14(20)13(19)8-12/h2-6,8,11H,7,9H2,1H3,(H,22,25). The van der Waals surface area contributed by atoms with E-state index in [9.17, 15) is 18.4 Å². The number of nitrogens with one attached hydrogen (secondary N) is 1. The highest BCUT2D eigenvalue weighted by Crippen LogP contribution is 2.29. The Morgan fingerprint density at radius 1 is 1.20 bits per heavy atom. The minimum Gasteiger partial charge on any atom is -0.326 e. The van der Waals surface area contributed by atoms with Crippen molar-refractivity contribution in [1.29, 1.82) is 0 Å². The van der Waals surface area contributed by atoms with E-state index in [1.807, 2.05) is 0 Å². The van der Waals surface area contributed by atoms with Crippen LogP contribution in [0.4, 0.5) is 20.2 Å². The Morgan fingerprint density at radius 3 is 2.64 bits per heavy atom. The first-order chi connectivity index (χ1) is 11.8. The smallest absolute Gasteiger partial charge is 0.229 e. The van der Waals surface area contributed by atoms with E-state index in [2.05, 4.69) is 5.32 Å². The molecule has 0 aromatic heterocycles. The molecule has 1 aliphatic heterocycles. The summed E-state index contributed by atoms with van der Waals surface area (Å²) in [5, 5.41) is 2.50. The minimum atomic E-state index is -0.628. The van der Waals surface area contributed by atoms with Gasteiger partial charge in [-0.05, 0) is 42.8 Å². The Bertz CT molecular complexity index is 857. The van der Waals surface area contributed by atoms with Gasteiger partial charge in [-0.1, -0.05) is 17.7 Å². The molecule has 1 aliphatic rings. The Morgan fingerprint density at radius 2 is 1.96 bits per heavy atom. The quantitative estimate of drug-likeness (QED) is 0.897. The largest absolute Gasteiger partial charge is 0.326 e. The summed E-state index contributed by atoms with van der Waals surface area (Å²) in [6.07, 6.45) is -0.0198. The Balaban J connectivity index is 1.73. The van der Waals surface area contributed by atoms with Gasteiger partial charge in [0, 0.05) is 18.7 Å². The van der Waals surface area contributed by atoms with Crippen molar-refractivity contribution in [2.75, 3.05) is 16.8 Å². The number of benzene rings is 2. The fourth-order valence-electron chi connectivity index (χ4n) is 2.77. The molecular weight excluding hydrogens is 350 g/mol. The molecule has 130 valence electrons. The van der Waals surface area contributed by atoms with Gasteiger partial charge in [0.2, 0.25) is 11.8 Å². The zero-order valence-electron chi connectivity index (χ0n) is 13.4. The fraction of sp³-hybridized carbons (Fsp3) is 0.222. The van der Waals surface area contributed by atoms with Crippen molar-refractivity contribution in [2.24, 2.45) is 5.92 Å². The molecule has 1 fully saturated rings. The molecule has 2 aromatic rings. The summed E-state index contributed by atoms with van der Waals surface area (Å²) in [5.41, 5.74) is 1.25. The minimum absolute atomic E-state index is 0.0198. The monoisotopic (exact) mass is 364 g/mol. The molecule has 0 bridgehead atoms. The number of halogens is 3. The van der Waals surface area contributed by atoms with Gasteiger partial charge in [-0.3, -0.25) is 9.59 Å². The van der Waals surface area contributed by atoms with Crippen LogP contribution in [-0.2, 0) is 9.59 Å². The Hall–Kier alpha value is -2.47. The molecule has 2 aromatic carbocycles. The highest BCUT2D eigenvalue weighted by Gasteiger charge is 2.36. The van der Waals surface area contributed by atoms with E-state index in [4.69, 9.17) is 11.6 Å². The molecule has 1 saturated heterocycles. The van der Waals surface area contributed by atoms with Crippen LogP contribution in [0.2, 0.25) is 5.02 Å². The summed E-state index contributed by atoms with van der Waals surface area (Å²) < 4.78 is 27.3. The van der Waals surface area contributed by atoms with E-state index in [0.717, 1.165) is 11.6 Å². The van der Waals surface area contributed by atoms with Gasteiger partial charge in [-0.25, -0.2) is 8.78 Å². The average molecular weight is 365 g/mol. The third kappa shape index (κ3) is 3.64. The molecule has 7 heteroatoms. The lowest BCUT2D eigenvalue weighted by Crippen LogP contribution is -2.28. The number of hydrogen-bond acceptors (Lipinski definition) is 2. The van der Waals surface area contributed by atoms with Gasteiger partial charge in [-0.15, -0.1) is 0 Å². The third-order valence-corrected chi connectivity index (χ3v) is 4.37. The molecule has 1 atom stereocenters. The van der Waals surface area contributed by atoms with Crippen molar-refractivity contribution in [3.05, 3.63) is 58.6 Å². The van der Waals surface area contributed by atoms with E-state index in [-0.39, 0.29) is 29.6 Å². The summed E-state index contributed by atoms with van der Waals surface area (Å²) in [5.74, 6) is -2.43. The maximum absolute atomic E-state index is 14.1. The highest BCUT2D eigenvalue weighted by molar-refractivity contribution is 6.31. The molecule has 1 N–H and O–H groups in total. The molecule has 0 radical (unpaired) electrons. The molecular formula is C18H15ClF2N2O2. The zero-order chi connectivity index (χ0) is 18.1. The average Bonchev–Trinajstić information content (AvgIpc) is 2.93. The molecule has 25 heavy (non-hydrogen) atoms. The number of aryl methyl sites for hydroxylation is 1. The molecule has 0 aliphatic carbocycles. The van der Waals surface area contributed by atoms with E-state index >= 15 is 0 Å². The lowest BCUT2D eigenvalue weighted by molar-refractivity contribution is -0.122. The fourth-order valence-corrected chi connectivity index (χ4v) is 2.95. The van der Waals surface area contributed by atoms with Crippen LogP contribution < -0.4 is 10.2 Å². The second-order valence-corrected chi connectivity index (χ2v) is 6.39. The molecule has 2 amide bonds. The van der Waals surface area contributed by atoms with Crippen molar-refractivity contribution in [2.45, 2.75) is 13.3 Å². The molecule has 0 spiro atoms. The Labute approximate surface area is 148 Å². The number of carbonyl (C=O) groups is 2. The summed E-state index contributed by atoms with van der Waals surface area (Å²) in [7, 11) is 0. The number of rotatable bonds is 3. The van der Waals surface area contributed by atoms with E-state index in [0.29, 0.717) is 5.69 Å².